The number of pyridine rings is 1. The maximum atomic E-state index is 13.0. The number of amides is 1. The van der Waals surface area contributed by atoms with E-state index in [2.05, 4.69) is 21.1 Å². The van der Waals surface area contributed by atoms with E-state index in [9.17, 15) is 4.79 Å². The third kappa shape index (κ3) is 2.81. The number of anilines is 1. The van der Waals surface area contributed by atoms with E-state index in [4.69, 9.17) is 9.78 Å². The molecule has 0 aliphatic carbocycles. The smallest absolute Gasteiger partial charge is 0.228 e. The highest BCUT2D eigenvalue weighted by Crippen LogP contribution is 2.33. The number of hydrogen-bond donors (Lipinski definition) is 0. The fourth-order valence-corrected chi connectivity index (χ4v) is 4.00. The summed E-state index contributed by atoms with van der Waals surface area (Å²) in [5.41, 5.74) is 2.25. The second-order valence-electron chi connectivity index (χ2n) is 7.09. The van der Waals surface area contributed by atoms with E-state index in [1.807, 2.05) is 30.9 Å². The molecule has 5 heterocycles. The monoisotopic (exact) mass is 351 g/mol. The van der Waals surface area contributed by atoms with Crippen LogP contribution in [0.15, 0.2) is 22.7 Å². The van der Waals surface area contributed by atoms with E-state index >= 15 is 0 Å². The first kappa shape index (κ1) is 16.6. The lowest BCUT2D eigenvalue weighted by Crippen LogP contribution is -2.47. The minimum atomic E-state index is -0.0400. The zero-order valence-electron chi connectivity index (χ0n) is 15.0. The topological polar surface area (TPSA) is 86.3 Å². The van der Waals surface area contributed by atoms with Crippen molar-refractivity contribution in [1.29, 1.82) is 5.26 Å². The lowest BCUT2D eigenvalue weighted by atomic mass is 9.93. The number of nitriles is 1. The normalized spacial score (nSPS) is 22.4. The van der Waals surface area contributed by atoms with Crippen molar-refractivity contribution in [1.82, 2.24) is 15.0 Å². The summed E-state index contributed by atoms with van der Waals surface area (Å²) in [4.78, 5) is 21.6. The average molecular weight is 351 g/mol. The van der Waals surface area contributed by atoms with Gasteiger partial charge in [-0.15, -0.1) is 0 Å². The summed E-state index contributed by atoms with van der Waals surface area (Å²) in [6.07, 6.45) is 1.88. The lowest BCUT2D eigenvalue weighted by molar-refractivity contribution is -0.140. The van der Waals surface area contributed by atoms with Gasteiger partial charge in [-0.3, -0.25) is 4.79 Å². The molecule has 5 rings (SSSR count). The number of aryl methyl sites for hydroxylation is 2. The zero-order chi connectivity index (χ0) is 18.3. The molecular formula is C19H21N5O2. The molecule has 0 radical (unpaired) electrons. The number of fused-ring (bicyclic) bond motifs is 4. The van der Waals surface area contributed by atoms with Crippen LogP contribution in [0.2, 0.25) is 0 Å². The lowest BCUT2D eigenvalue weighted by Gasteiger charge is -2.35. The minimum absolute atomic E-state index is 0.0400. The predicted molar refractivity (Wildman–Crippen MR) is 94.2 cm³/mol. The van der Waals surface area contributed by atoms with Crippen LogP contribution in [0, 0.1) is 31.1 Å². The average Bonchev–Trinajstić information content (AvgIpc) is 2.83. The Labute approximate surface area is 152 Å². The van der Waals surface area contributed by atoms with E-state index in [-0.39, 0.29) is 17.9 Å². The molecular weight excluding hydrogens is 330 g/mol. The van der Waals surface area contributed by atoms with Crippen molar-refractivity contribution in [2.24, 2.45) is 5.92 Å². The third-order valence-corrected chi connectivity index (χ3v) is 5.48. The molecule has 1 amide bonds. The van der Waals surface area contributed by atoms with Crippen LogP contribution in [0.3, 0.4) is 0 Å². The van der Waals surface area contributed by atoms with E-state index < -0.39 is 0 Å². The summed E-state index contributed by atoms with van der Waals surface area (Å²) in [6.45, 7) is 5.72. The van der Waals surface area contributed by atoms with Crippen molar-refractivity contribution in [2.75, 3.05) is 18.0 Å². The Bertz CT molecular complexity index is 865. The first-order valence-corrected chi connectivity index (χ1v) is 8.91. The number of aromatic nitrogens is 2. The highest BCUT2D eigenvalue weighted by atomic mass is 16.5. The van der Waals surface area contributed by atoms with Crippen molar-refractivity contribution in [3.8, 4) is 6.07 Å². The minimum Gasteiger partial charge on any atom is -0.361 e. The van der Waals surface area contributed by atoms with Crippen LogP contribution in [0.1, 0.15) is 35.6 Å². The van der Waals surface area contributed by atoms with Gasteiger partial charge in [0.15, 0.2) is 0 Å². The van der Waals surface area contributed by atoms with Crippen LogP contribution in [-0.2, 0) is 11.3 Å². The van der Waals surface area contributed by atoms with Gasteiger partial charge < -0.3 is 14.3 Å². The van der Waals surface area contributed by atoms with Crippen LogP contribution in [0.25, 0.3) is 0 Å². The molecule has 134 valence electrons. The van der Waals surface area contributed by atoms with Gasteiger partial charge in [0.2, 0.25) is 5.91 Å². The molecule has 3 saturated heterocycles. The Hall–Kier alpha value is -2.88. The molecule has 7 nitrogen and oxygen atoms in total. The number of hydrogen-bond acceptors (Lipinski definition) is 6. The Morgan fingerprint density at radius 3 is 2.88 bits per heavy atom. The van der Waals surface area contributed by atoms with Crippen molar-refractivity contribution in [2.45, 2.75) is 39.3 Å². The molecule has 0 spiro atoms. The Morgan fingerprint density at radius 2 is 2.15 bits per heavy atom. The van der Waals surface area contributed by atoms with Gasteiger partial charge in [0.05, 0.1) is 18.2 Å². The first-order chi connectivity index (χ1) is 12.6. The SMILES string of the molecule is Cc1noc(C)c1CN1C(=O)[C@@H]2CC[C@H]1CN(c1cccc(C#N)n1)C2. The molecule has 2 bridgehead atoms. The van der Waals surface area contributed by atoms with Gasteiger partial charge in [-0.25, -0.2) is 4.98 Å². The molecule has 26 heavy (non-hydrogen) atoms. The highest BCUT2D eigenvalue weighted by Gasteiger charge is 2.41. The molecule has 2 atom stereocenters. The van der Waals surface area contributed by atoms with Crippen LogP contribution in [-0.4, -0.2) is 40.1 Å². The fraction of sp³-hybridized carbons (Fsp3) is 0.474. The molecule has 0 N–H and O–H groups in total. The van der Waals surface area contributed by atoms with Gasteiger partial charge in [0.25, 0.3) is 0 Å². The molecule has 0 aromatic carbocycles. The molecule has 3 aliphatic rings. The van der Waals surface area contributed by atoms with Gasteiger partial charge in [-0.1, -0.05) is 11.2 Å². The molecule has 3 aliphatic heterocycles. The third-order valence-electron chi connectivity index (χ3n) is 5.48. The van der Waals surface area contributed by atoms with Crippen LogP contribution in [0.5, 0.6) is 0 Å². The molecule has 2 aromatic heterocycles. The van der Waals surface area contributed by atoms with Crippen molar-refractivity contribution >= 4 is 11.7 Å². The van der Waals surface area contributed by atoms with E-state index in [0.29, 0.717) is 18.8 Å². The second-order valence-corrected chi connectivity index (χ2v) is 7.09. The van der Waals surface area contributed by atoms with E-state index in [0.717, 1.165) is 42.2 Å². The number of carbonyl (C=O) groups excluding carboxylic acids is 1. The maximum absolute atomic E-state index is 13.0. The Morgan fingerprint density at radius 1 is 1.31 bits per heavy atom. The van der Waals surface area contributed by atoms with Gasteiger partial charge in [-0.2, -0.15) is 5.26 Å². The number of nitrogens with zero attached hydrogens (tertiary/aromatic N) is 5. The number of rotatable bonds is 3. The molecule has 3 fully saturated rings. The van der Waals surface area contributed by atoms with Gasteiger partial charge in [0.1, 0.15) is 23.3 Å². The number of piperidine rings is 1. The summed E-state index contributed by atoms with van der Waals surface area (Å²) in [6, 6.07) is 7.67. The van der Waals surface area contributed by atoms with Crippen LogP contribution >= 0.6 is 0 Å². The molecule has 0 unspecified atom stereocenters. The van der Waals surface area contributed by atoms with Gasteiger partial charge >= 0.3 is 0 Å². The first-order valence-electron chi connectivity index (χ1n) is 8.91. The van der Waals surface area contributed by atoms with Crippen molar-refractivity contribution in [3.05, 3.63) is 40.9 Å². The summed E-state index contributed by atoms with van der Waals surface area (Å²) >= 11 is 0. The largest absolute Gasteiger partial charge is 0.361 e. The van der Waals surface area contributed by atoms with E-state index in [1.165, 1.54) is 0 Å². The van der Waals surface area contributed by atoms with Gasteiger partial charge in [-0.05, 0) is 38.8 Å². The fourth-order valence-electron chi connectivity index (χ4n) is 4.00. The number of carbonyl (C=O) groups is 1. The van der Waals surface area contributed by atoms with Gasteiger partial charge in [0, 0.05) is 24.7 Å². The Kier molecular flexibility index (Phi) is 4.11. The van der Waals surface area contributed by atoms with Crippen LogP contribution in [0.4, 0.5) is 5.82 Å². The summed E-state index contributed by atoms with van der Waals surface area (Å²) in [5.74, 6) is 1.70. The molecule has 0 saturated carbocycles. The standard InChI is InChI=1S/C19H21N5O2/c1-12-17(13(2)26-22-12)11-24-16-7-6-14(19(24)25)9-23(10-16)18-5-3-4-15(8-20)21-18/h3-5,14,16H,6-7,9-11H2,1-2H3/t14-,16+/m1/s1. The Balaban J connectivity index is 1.61. The van der Waals surface area contributed by atoms with Crippen molar-refractivity contribution < 1.29 is 9.32 Å². The summed E-state index contributed by atoms with van der Waals surface area (Å²) < 4.78 is 5.26. The summed E-state index contributed by atoms with van der Waals surface area (Å²) in [5, 5.41) is 13.1. The summed E-state index contributed by atoms with van der Waals surface area (Å²) in [7, 11) is 0. The quantitative estimate of drug-likeness (QED) is 0.842. The van der Waals surface area contributed by atoms with Crippen LogP contribution < -0.4 is 4.90 Å². The predicted octanol–water partition coefficient (Wildman–Crippen LogP) is 2.19. The maximum Gasteiger partial charge on any atom is 0.228 e. The highest BCUT2D eigenvalue weighted by molar-refractivity contribution is 5.81. The molecule has 2 aromatic rings. The van der Waals surface area contributed by atoms with Crippen molar-refractivity contribution in [3.63, 3.8) is 0 Å². The second kappa shape index (κ2) is 6.45. The zero-order valence-corrected chi connectivity index (χ0v) is 15.0. The van der Waals surface area contributed by atoms with E-state index in [1.54, 1.807) is 6.07 Å². The molecule has 7 heteroatoms.